The number of nitrogens with zero attached hydrogens (tertiary/aromatic N) is 1. The van der Waals surface area contributed by atoms with E-state index in [0.717, 1.165) is 0 Å². The van der Waals surface area contributed by atoms with Crippen LogP contribution in [0.5, 0.6) is 5.75 Å². The predicted molar refractivity (Wildman–Crippen MR) is 69.4 cm³/mol. The van der Waals surface area contributed by atoms with Crippen molar-refractivity contribution in [2.75, 3.05) is 18.6 Å². The third kappa shape index (κ3) is 3.29. The summed E-state index contributed by atoms with van der Waals surface area (Å²) in [5.74, 6) is 6.59. The van der Waals surface area contributed by atoms with Gasteiger partial charge in [-0.3, -0.25) is 10.1 Å². The van der Waals surface area contributed by atoms with Crippen LogP contribution in [0.15, 0.2) is 12.1 Å². The van der Waals surface area contributed by atoms with Crippen LogP contribution < -0.4 is 10.5 Å². The first-order chi connectivity index (χ1) is 8.10. The van der Waals surface area contributed by atoms with Crippen molar-refractivity contribution in [3.63, 3.8) is 0 Å². The number of nitro benzene ring substituents is 1. The second-order valence-corrected chi connectivity index (χ2v) is 3.59. The summed E-state index contributed by atoms with van der Waals surface area (Å²) in [4.78, 5) is 10.2. The number of nitrogen functional groups attached to an aromatic ring is 1. The minimum Gasteiger partial charge on any atom is -0.496 e. The quantitative estimate of drug-likeness (QED) is 0.283. The van der Waals surface area contributed by atoms with Gasteiger partial charge in [0.25, 0.3) is 5.69 Å². The maximum atomic E-state index is 10.8. The van der Waals surface area contributed by atoms with Gasteiger partial charge < -0.3 is 10.5 Å². The lowest BCUT2D eigenvalue weighted by Gasteiger charge is -2.04. The number of benzene rings is 1. The molecule has 1 aromatic carbocycles. The summed E-state index contributed by atoms with van der Waals surface area (Å²) < 4.78 is 4.96. The Labute approximate surface area is 105 Å². The molecular formula is C11H12N2O3S. The summed E-state index contributed by atoms with van der Waals surface area (Å²) in [6.07, 6.45) is 0.591. The molecule has 0 aromatic heterocycles. The summed E-state index contributed by atoms with van der Waals surface area (Å²) in [5.41, 5.74) is 5.93. The molecule has 0 amide bonds. The van der Waals surface area contributed by atoms with Gasteiger partial charge in [-0.25, -0.2) is 0 Å². The Hall–Kier alpha value is -1.87. The molecule has 5 nitrogen and oxygen atoms in total. The Bertz CT molecular complexity index is 491. The van der Waals surface area contributed by atoms with Crippen molar-refractivity contribution in [3.8, 4) is 17.6 Å². The molecular weight excluding hydrogens is 240 g/mol. The van der Waals surface area contributed by atoms with Crippen molar-refractivity contribution < 1.29 is 9.66 Å². The lowest BCUT2D eigenvalue weighted by Crippen LogP contribution is -1.99. The van der Waals surface area contributed by atoms with Crippen molar-refractivity contribution in [2.24, 2.45) is 0 Å². The van der Waals surface area contributed by atoms with Crippen LogP contribution in [0.25, 0.3) is 0 Å². The topological polar surface area (TPSA) is 78.4 Å². The van der Waals surface area contributed by atoms with Crippen molar-refractivity contribution in [2.45, 2.75) is 6.42 Å². The van der Waals surface area contributed by atoms with Crippen LogP contribution in [0.2, 0.25) is 0 Å². The lowest BCUT2D eigenvalue weighted by atomic mass is 10.1. The molecule has 0 unspecified atom stereocenters. The zero-order valence-corrected chi connectivity index (χ0v) is 10.2. The van der Waals surface area contributed by atoms with Crippen LogP contribution in [0.1, 0.15) is 12.0 Å². The molecule has 2 N–H and O–H groups in total. The number of nitro groups is 1. The molecule has 0 aliphatic heterocycles. The average Bonchev–Trinajstić information content (AvgIpc) is 2.31. The Balaban J connectivity index is 3.25. The van der Waals surface area contributed by atoms with Crippen molar-refractivity contribution in [3.05, 3.63) is 27.8 Å². The highest BCUT2D eigenvalue weighted by molar-refractivity contribution is 7.80. The van der Waals surface area contributed by atoms with Crippen LogP contribution >= 0.6 is 12.6 Å². The van der Waals surface area contributed by atoms with Crippen LogP contribution in [0.4, 0.5) is 11.4 Å². The maximum Gasteiger partial charge on any atom is 0.297 e. The number of hydrogen-bond acceptors (Lipinski definition) is 5. The van der Waals surface area contributed by atoms with E-state index in [4.69, 9.17) is 10.5 Å². The van der Waals surface area contributed by atoms with Crippen molar-refractivity contribution in [1.29, 1.82) is 0 Å². The minimum absolute atomic E-state index is 0.0578. The fraction of sp³-hybridized carbons (Fsp3) is 0.273. The molecule has 0 radical (unpaired) electrons. The zero-order valence-electron chi connectivity index (χ0n) is 9.27. The smallest absolute Gasteiger partial charge is 0.297 e. The van der Waals surface area contributed by atoms with Gasteiger partial charge in [0.1, 0.15) is 11.4 Å². The van der Waals surface area contributed by atoms with Crippen LogP contribution in [-0.4, -0.2) is 17.8 Å². The molecule has 0 aliphatic carbocycles. The molecule has 90 valence electrons. The first-order valence-corrected chi connectivity index (χ1v) is 5.45. The van der Waals surface area contributed by atoms with E-state index < -0.39 is 4.92 Å². The Morgan fingerprint density at radius 3 is 2.82 bits per heavy atom. The third-order valence-electron chi connectivity index (χ3n) is 2.02. The van der Waals surface area contributed by atoms with Crippen LogP contribution in [0, 0.1) is 22.0 Å². The van der Waals surface area contributed by atoms with E-state index in [9.17, 15) is 10.1 Å². The van der Waals surface area contributed by atoms with Gasteiger partial charge in [-0.05, 0) is 6.07 Å². The average molecular weight is 252 g/mol. The molecule has 17 heavy (non-hydrogen) atoms. The normalized spacial score (nSPS) is 9.29. The Morgan fingerprint density at radius 1 is 1.59 bits per heavy atom. The molecule has 1 rings (SSSR count). The van der Waals surface area contributed by atoms with Gasteiger partial charge in [-0.15, -0.1) is 0 Å². The highest BCUT2D eigenvalue weighted by atomic mass is 32.1. The van der Waals surface area contributed by atoms with Gasteiger partial charge in [0.2, 0.25) is 0 Å². The number of thiol groups is 1. The molecule has 0 saturated heterocycles. The van der Waals surface area contributed by atoms with E-state index in [-0.39, 0.29) is 11.4 Å². The first-order valence-electron chi connectivity index (χ1n) is 4.81. The molecule has 0 atom stereocenters. The first kappa shape index (κ1) is 13.2. The number of nitrogens with two attached hydrogens (primary N) is 1. The number of ether oxygens (including phenoxy) is 1. The summed E-state index contributed by atoms with van der Waals surface area (Å²) >= 11 is 4.02. The summed E-state index contributed by atoms with van der Waals surface area (Å²) in [7, 11) is 1.43. The van der Waals surface area contributed by atoms with Gasteiger partial charge in [0.15, 0.2) is 0 Å². The van der Waals surface area contributed by atoms with Crippen molar-refractivity contribution in [1.82, 2.24) is 0 Å². The molecule has 0 spiro atoms. The number of methoxy groups -OCH3 is 1. The molecule has 1 aromatic rings. The second kappa shape index (κ2) is 6.01. The molecule has 0 saturated carbocycles. The van der Waals surface area contributed by atoms with E-state index >= 15 is 0 Å². The third-order valence-corrected chi connectivity index (χ3v) is 2.25. The van der Waals surface area contributed by atoms with Gasteiger partial charge in [-0.2, -0.15) is 12.6 Å². The van der Waals surface area contributed by atoms with E-state index in [2.05, 4.69) is 24.5 Å². The standard InChI is InChI=1S/C11H12N2O3S/c1-16-9-6-8(4-2-3-5-17)11(12)10(7-9)13(14)15/h6-7,17H,3,5,12H2,1H3. The van der Waals surface area contributed by atoms with E-state index in [1.165, 1.54) is 13.2 Å². The van der Waals surface area contributed by atoms with E-state index in [1.807, 2.05) is 0 Å². The predicted octanol–water partition coefficient (Wildman–Crippen LogP) is 1.86. The molecule has 0 aliphatic rings. The molecule has 0 bridgehead atoms. The number of hydrogen-bond donors (Lipinski definition) is 2. The second-order valence-electron chi connectivity index (χ2n) is 3.14. The van der Waals surface area contributed by atoms with Gasteiger partial charge >= 0.3 is 0 Å². The number of rotatable bonds is 3. The van der Waals surface area contributed by atoms with Gasteiger partial charge in [0.05, 0.1) is 23.7 Å². The Morgan fingerprint density at radius 2 is 2.29 bits per heavy atom. The van der Waals surface area contributed by atoms with Gasteiger partial charge in [-0.1, -0.05) is 11.8 Å². The van der Waals surface area contributed by atoms with Crippen molar-refractivity contribution >= 4 is 24.0 Å². The molecule has 6 heteroatoms. The lowest BCUT2D eigenvalue weighted by molar-refractivity contribution is -0.384. The Kier molecular flexibility index (Phi) is 4.67. The van der Waals surface area contributed by atoms with E-state index in [1.54, 1.807) is 6.07 Å². The fourth-order valence-electron chi connectivity index (χ4n) is 1.20. The number of anilines is 1. The fourth-order valence-corrected chi connectivity index (χ4v) is 1.31. The molecule has 0 heterocycles. The largest absolute Gasteiger partial charge is 0.496 e. The highest BCUT2D eigenvalue weighted by Gasteiger charge is 2.16. The maximum absolute atomic E-state index is 10.8. The minimum atomic E-state index is -0.554. The van der Waals surface area contributed by atoms with Crippen LogP contribution in [0.3, 0.4) is 0 Å². The van der Waals surface area contributed by atoms with E-state index in [0.29, 0.717) is 23.5 Å². The SMILES string of the molecule is COc1cc(C#CCCS)c(N)c([N+](=O)[O-])c1. The monoisotopic (exact) mass is 252 g/mol. The van der Waals surface area contributed by atoms with Gasteiger partial charge in [0, 0.05) is 12.2 Å². The summed E-state index contributed by atoms with van der Waals surface area (Å²) in [6.45, 7) is 0. The molecule has 0 fully saturated rings. The highest BCUT2D eigenvalue weighted by Crippen LogP contribution is 2.30. The van der Waals surface area contributed by atoms with Crippen LogP contribution in [-0.2, 0) is 0 Å². The summed E-state index contributed by atoms with van der Waals surface area (Å²) in [5, 5.41) is 10.8. The zero-order chi connectivity index (χ0) is 12.8. The summed E-state index contributed by atoms with van der Waals surface area (Å²) in [6, 6.07) is 2.85.